The predicted molar refractivity (Wildman–Crippen MR) is 27.6 cm³/mol. The normalized spacial score (nSPS) is 11.2. The van der Waals surface area contributed by atoms with Crippen molar-refractivity contribution in [3.05, 3.63) is 0 Å². The third-order valence-corrected chi connectivity index (χ3v) is 0.669. The van der Waals surface area contributed by atoms with Gasteiger partial charge in [-0.3, -0.25) is 0 Å². The van der Waals surface area contributed by atoms with Crippen molar-refractivity contribution < 1.29 is 22.7 Å². The van der Waals surface area contributed by atoms with Crippen LogP contribution in [0.3, 0.4) is 0 Å². The van der Waals surface area contributed by atoms with E-state index in [-0.39, 0.29) is 0 Å². The molecule has 0 aromatic rings. The van der Waals surface area contributed by atoms with Crippen LogP contribution >= 0.6 is 0 Å². The van der Waals surface area contributed by atoms with Crippen LogP contribution in [0.5, 0.6) is 0 Å². The molecule has 0 N–H and O–H groups in total. The zero-order valence-electron chi connectivity index (χ0n) is 5.36. The fourth-order valence-corrected chi connectivity index (χ4v) is 0.258. The molecule has 0 amide bonds. The molecule has 0 rings (SSSR count). The smallest absolute Gasteiger partial charge is 0.376 e. The van der Waals surface area contributed by atoms with Gasteiger partial charge in [-0.2, -0.15) is 8.78 Å². The first kappa shape index (κ1) is 9.26. The van der Waals surface area contributed by atoms with Crippen molar-refractivity contribution in [1.82, 2.24) is 0 Å². The molecule has 0 saturated heterocycles. The molecule has 0 radical (unpaired) electrons. The summed E-state index contributed by atoms with van der Waals surface area (Å²) in [7, 11) is 0. The topological polar surface area (TPSA) is 26.3 Å². The fraction of sp³-hybridized carbons (Fsp3) is 0.800. The van der Waals surface area contributed by atoms with E-state index >= 15 is 0 Å². The van der Waals surface area contributed by atoms with Crippen molar-refractivity contribution in [3.8, 4) is 0 Å². The van der Waals surface area contributed by atoms with E-state index in [4.69, 9.17) is 0 Å². The minimum absolute atomic E-state index is 0.396. The quantitative estimate of drug-likeness (QED) is 0.573. The second-order valence-corrected chi connectivity index (χ2v) is 1.71. The Bertz CT molecular complexity index is 119. The Balaban J connectivity index is 3.64. The van der Waals surface area contributed by atoms with Crippen molar-refractivity contribution in [2.24, 2.45) is 0 Å². The van der Waals surface area contributed by atoms with E-state index in [1.165, 1.54) is 0 Å². The summed E-state index contributed by atoms with van der Waals surface area (Å²) in [5.74, 6) is -5.21. The number of alkyl halides is 3. The number of carbonyl (C=O) groups excluding carboxylic acids is 1. The largest absolute Gasteiger partial charge is 0.458 e. The van der Waals surface area contributed by atoms with E-state index < -0.39 is 25.2 Å². The third kappa shape index (κ3) is 3.32. The van der Waals surface area contributed by atoms with Crippen molar-refractivity contribution in [1.29, 1.82) is 0 Å². The Labute approximate surface area is 56.0 Å². The van der Waals surface area contributed by atoms with Crippen LogP contribution in [-0.4, -0.2) is 25.2 Å². The van der Waals surface area contributed by atoms with E-state index in [9.17, 15) is 18.0 Å². The highest BCUT2D eigenvalue weighted by atomic mass is 19.3. The lowest BCUT2D eigenvalue weighted by Crippen LogP contribution is -2.27. The highest BCUT2D eigenvalue weighted by Gasteiger charge is 2.33. The summed E-state index contributed by atoms with van der Waals surface area (Å²) < 4.78 is 38.7. The standard InChI is InChI=1S/C5H7F3O2/c1-5(7,8)4(9)10-3-2-6/h2-3H2,1H3. The van der Waals surface area contributed by atoms with Crippen molar-refractivity contribution in [2.45, 2.75) is 12.8 Å². The molecular weight excluding hydrogens is 149 g/mol. The van der Waals surface area contributed by atoms with Gasteiger partial charge in [0.1, 0.15) is 13.3 Å². The van der Waals surface area contributed by atoms with Gasteiger partial charge in [-0.15, -0.1) is 0 Å². The zero-order chi connectivity index (χ0) is 8.20. The molecule has 0 bridgehead atoms. The minimum Gasteiger partial charge on any atom is -0.458 e. The number of hydrogen-bond acceptors (Lipinski definition) is 2. The van der Waals surface area contributed by atoms with Gasteiger partial charge in [0.05, 0.1) is 0 Å². The van der Waals surface area contributed by atoms with Crippen molar-refractivity contribution >= 4 is 5.97 Å². The summed E-state index contributed by atoms with van der Waals surface area (Å²) in [5.41, 5.74) is 0. The van der Waals surface area contributed by atoms with Crippen LogP contribution in [0.2, 0.25) is 0 Å². The SMILES string of the molecule is CC(F)(F)C(=O)OCCF. The number of hydrogen-bond donors (Lipinski definition) is 0. The van der Waals surface area contributed by atoms with Gasteiger partial charge in [-0.25, -0.2) is 9.18 Å². The Hall–Kier alpha value is -0.740. The average molecular weight is 156 g/mol. The summed E-state index contributed by atoms with van der Waals surface area (Å²) >= 11 is 0. The monoisotopic (exact) mass is 156 g/mol. The molecule has 0 unspecified atom stereocenters. The molecular formula is C5H7F3O2. The van der Waals surface area contributed by atoms with Gasteiger partial charge in [-0.1, -0.05) is 0 Å². The van der Waals surface area contributed by atoms with Gasteiger partial charge < -0.3 is 4.74 Å². The third-order valence-electron chi connectivity index (χ3n) is 0.669. The van der Waals surface area contributed by atoms with Crippen LogP contribution in [0.25, 0.3) is 0 Å². The van der Waals surface area contributed by atoms with E-state index in [1.807, 2.05) is 0 Å². The molecule has 0 atom stereocenters. The number of carbonyl (C=O) groups is 1. The molecule has 0 aromatic carbocycles. The molecule has 0 heterocycles. The molecule has 0 saturated carbocycles. The Morgan fingerprint density at radius 2 is 2.10 bits per heavy atom. The lowest BCUT2D eigenvalue weighted by Gasteiger charge is -2.07. The predicted octanol–water partition coefficient (Wildman–Crippen LogP) is 1.15. The van der Waals surface area contributed by atoms with Crippen LogP contribution in [0, 0.1) is 0 Å². The summed E-state index contributed by atoms with van der Waals surface area (Å²) in [6.45, 7) is -1.16. The maximum atomic E-state index is 11.8. The summed E-state index contributed by atoms with van der Waals surface area (Å²) in [6.07, 6.45) is 0. The molecule has 0 aliphatic heterocycles. The highest BCUT2D eigenvalue weighted by molar-refractivity contribution is 5.76. The van der Waals surface area contributed by atoms with Crippen LogP contribution in [0.4, 0.5) is 13.2 Å². The Kier molecular flexibility index (Phi) is 3.18. The van der Waals surface area contributed by atoms with E-state index in [2.05, 4.69) is 4.74 Å². The summed E-state index contributed by atoms with van der Waals surface area (Å²) in [4.78, 5) is 10.1. The number of ether oxygens (including phenoxy) is 1. The molecule has 0 aromatic heterocycles. The lowest BCUT2D eigenvalue weighted by molar-refractivity contribution is -0.169. The van der Waals surface area contributed by atoms with Gasteiger partial charge in [0, 0.05) is 6.92 Å². The second-order valence-electron chi connectivity index (χ2n) is 1.71. The van der Waals surface area contributed by atoms with Gasteiger partial charge in [0.2, 0.25) is 0 Å². The zero-order valence-corrected chi connectivity index (χ0v) is 5.36. The van der Waals surface area contributed by atoms with E-state index in [0.29, 0.717) is 6.92 Å². The Morgan fingerprint density at radius 1 is 1.60 bits per heavy atom. The van der Waals surface area contributed by atoms with E-state index in [1.54, 1.807) is 0 Å². The van der Waals surface area contributed by atoms with Crippen LogP contribution in [0.1, 0.15) is 6.92 Å². The molecule has 0 spiro atoms. The first-order valence-corrected chi connectivity index (χ1v) is 2.59. The van der Waals surface area contributed by atoms with Crippen LogP contribution in [-0.2, 0) is 9.53 Å². The van der Waals surface area contributed by atoms with Crippen molar-refractivity contribution in [3.63, 3.8) is 0 Å². The van der Waals surface area contributed by atoms with Crippen LogP contribution < -0.4 is 0 Å². The number of halogens is 3. The van der Waals surface area contributed by atoms with Gasteiger partial charge >= 0.3 is 11.9 Å². The molecule has 60 valence electrons. The van der Waals surface area contributed by atoms with E-state index in [0.717, 1.165) is 0 Å². The molecule has 5 heteroatoms. The van der Waals surface area contributed by atoms with Gasteiger partial charge in [-0.05, 0) is 0 Å². The highest BCUT2D eigenvalue weighted by Crippen LogP contribution is 2.12. The number of rotatable bonds is 3. The number of esters is 1. The average Bonchev–Trinajstić information content (AvgIpc) is 1.80. The van der Waals surface area contributed by atoms with Gasteiger partial charge in [0.15, 0.2) is 0 Å². The first-order chi connectivity index (χ1) is 4.48. The molecule has 0 fully saturated rings. The minimum atomic E-state index is -3.52. The molecule has 10 heavy (non-hydrogen) atoms. The summed E-state index contributed by atoms with van der Waals surface area (Å²) in [6, 6.07) is 0. The second kappa shape index (κ2) is 3.43. The first-order valence-electron chi connectivity index (χ1n) is 2.59. The van der Waals surface area contributed by atoms with Gasteiger partial charge in [0.25, 0.3) is 0 Å². The summed E-state index contributed by atoms with van der Waals surface area (Å²) in [5, 5.41) is 0. The maximum Gasteiger partial charge on any atom is 0.376 e. The maximum absolute atomic E-state index is 11.8. The van der Waals surface area contributed by atoms with Crippen LogP contribution in [0.15, 0.2) is 0 Å². The molecule has 0 aliphatic rings. The fourth-order valence-electron chi connectivity index (χ4n) is 0.258. The van der Waals surface area contributed by atoms with Crippen molar-refractivity contribution in [2.75, 3.05) is 13.3 Å². The molecule has 0 aliphatic carbocycles. The molecule has 2 nitrogen and oxygen atoms in total. The lowest BCUT2D eigenvalue weighted by atomic mass is 10.4. The Morgan fingerprint density at radius 3 is 2.40 bits per heavy atom.